The van der Waals surface area contributed by atoms with E-state index in [1.165, 1.54) is 64.2 Å². The summed E-state index contributed by atoms with van der Waals surface area (Å²) in [5.74, 6) is 0.506. The molecule has 156 valence electrons. The SMILES string of the molecule is CC(=O)O.CCCCCCCCSC(SCCCCCCCC)C(=O)O. The van der Waals surface area contributed by atoms with Gasteiger partial charge < -0.3 is 10.2 Å². The zero-order valence-electron chi connectivity index (χ0n) is 17.0. The topological polar surface area (TPSA) is 74.6 Å². The lowest BCUT2D eigenvalue weighted by atomic mass is 10.1. The van der Waals surface area contributed by atoms with Gasteiger partial charge in [-0.05, 0) is 24.3 Å². The van der Waals surface area contributed by atoms with Crippen LogP contribution in [0.3, 0.4) is 0 Å². The van der Waals surface area contributed by atoms with E-state index in [0.717, 1.165) is 31.3 Å². The predicted octanol–water partition coefficient (Wildman–Crippen LogP) is 6.68. The number of carboxylic acids is 2. The molecular weight excluding hydrogens is 368 g/mol. The summed E-state index contributed by atoms with van der Waals surface area (Å²) in [6.07, 6.45) is 15.3. The van der Waals surface area contributed by atoms with Gasteiger partial charge in [0.15, 0.2) is 0 Å². The molecule has 6 heteroatoms. The number of carbonyl (C=O) groups is 2. The molecule has 0 aliphatic heterocycles. The number of unbranched alkanes of at least 4 members (excludes halogenated alkanes) is 10. The van der Waals surface area contributed by atoms with Crippen LogP contribution in [0, 0.1) is 0 Å². The van der Waals surface area contributed by atoms with Crippen LogP contribution >= 0.6 is 23.5 Å². The maximum Gasteiger partial charge on any atom is 0.326 e. The van der Waals surface area contributed by atoms with Gasteiger partial charge in [-0.25, -0.2) is 0 Å². The fourth-order valence-electron chi connectivity index (χ4n) is 2.34. The molecule has 26 heavy (non-hydrogen) atoms. The summed E-state index contributed by atoms with van der Waals surface area (Å²) in [7, 11) is 0. The number of aliphatic carboxylic acids is 2. The van der Waals surface area contributed by atoms with Crippen molar-refractivity contribution < 1.29 is 19.8 Å². The Morgan fingerprint density at radius 2 is 1.00 bits per heavy atom. The Morgan fingerprint density at radius 3 is 1.31 bits per heavy atom. The van der Waals surface area contributed by atoms with Crippen molar-refractivity contribution >= 4 is 35.5 Å². The first-order valence-electron chi connectivity index (χ1n) is 10.1. The fourth-order valence-corrected chi connectivity index (χ4v) is 4.75. The highest BCUT2D eigenvalue weighted by molar-refractivity contribution is 8.18. The molecule has 0 radical (unpaired) electrons. The van der Waals surface area contributed by atoms with Crippen molar-refractivity contribution in [1.82, 2.24) is 0 Å². The first kappa shape index (κ1) is 27.9. The Labute approximate surface area is 169 Å². The van der Waals surface area contributed by atoms with E-state index in [1.807, 2.05) is 0 Å². The summed E-state index contributed by atoms with van der Waals surface area (Å²) >= 11 is 3.26. The molecule has 0 rings (SSSR count). The fraction of sp³-hybridized carbons (Fsp3) is 0.900. The quantitative estimate of drug-likeness (QED) is 0.207. The molecule has 0 atom stereocenters. The van der Waals surface area contributed by atoms with Gasteiger partial charge in [0.25, 0.3) is 5.97 Å². The standard InChI is InChI=1S/C18H36O2S2.C2H4O2/c1-3-5-7-9-11-13-15-21-18(17(19)20)22-16-14-12-10-8-6-4-2;1-2(3)4/h18H,3-16H2,1-2H3,(H,19,20);1H3,(H,3,4). The van der Waals surface area contributed by atoms with Gasteiger partial charge in [-0.15, -0.1) is 23.5 Å². The minimum atomic E-state index is -0.833. The lowest BCUT2D eigenvalue weighted by molar-refractivity contribution is -0.135. The number of thioether (sulfide) groups is 2. The van der Waals surface area contributed by atoms with Crippen molar-refractivity contribution in [3.05, 3.63) is 0 Å². The molecule has 0 fully saturated rings. The Morgan fingerprint density at radius 1 is 0.692 bits per heavy atom. The van der Waals surface area contributed by atoms with Crippen LogP contribution in [-0.2, 0) is 9.59 Å². The van der Waals surface area contributed by atoms with E-state index >= 15 is 0 Å². The molecule has 0 unspecified atom stereocenters. The zero-order valence-corrected chi connectivity index (χ0v) is 18.6. The van der Waals surface area contributed by atoms with Crippen molar-refractivity contribution in [2.75, 3.05) is 11.5 Å². The molecule has 0 heterocycles. The van der Waals surface area contributed by atoms with Crippen LogP contribution in [0.2, 0.25) is 0 Å². The summed E-state index contributed by atoms with van der Waals surface area (Å²) in [6, 6.07) is 0. The Kier molecular flexibility index (Phi) is 24.3. The molecular formula is C20H40O4S2. The Bertz CT molecular complexity index is 303. The van der Waals surface area contributed by atoms with Gasteiger partial charge in [0, 0.05) is 6.92 Å². The average molecular weight is 409 g/mol. The van der Waals surface area contributed by atoms with E-state index in [0.29, 0.717) is 0 Å². The molecule has 0 saturated carbocycles. The van der Waals surface area contributed by atoms with Crippen LogP contribution in [0.4, 0.5) is 0 Å². The molecule has 4 nitrogen and oxygen atoms in total. The van der Waals surface area contributed by atoms with Crippen molar-refractivity contribution in [1.29, 1.82) is 0 Å². The van der Waals surface area contributed by atoms with Crippen molar-refractivity contribution in [3.8, 4) is 0 Å². The predicted molar refractivity (Wildman–Crippen MR) is 116 cm³/mol. The molecule has 0 bridgehead atoms. The van der Waals surface area contributed by atoms with Crippen LogP contribution in [-0.4, -0.2) is 38.2 Å². The van der Waals surface area contributed by atoms with Gasteiger partial charge in [-0.2, -0.15) is 0 Å². The molecule has 0 aromatic carbocycles. The van der Waals surface area contributed by atoms with E-state index in [2.05, 4.69) is 13.8 Å². The molecule has 0 spiro atoms. The third-order valence-electron chi connectivity index (χ3n) is 3.74. The van der Waals surface area contributed by atoms with Crippen LogP contribution in [0.15, 0.2) is 0 Å². The van der Waals surface area contributed by atoms with Crippen molar-refractivity contribution in [2.45, 2.75) is 102 Å². The molecule has 0 aromatic heterocycles. The highest BCUT2D eigenvalue weighted by atomic mass is 32.2. The minimum absolute atomic E-state index is 0.258. The summed E-state index contributed by atoms with van der Waals surface area (Å²) in [5, 5.41) is 16.7. The highest BCUT2D eigenvalue weighted by Gasteiger charge is 2.17. The van der Waals surface area contributed by atoms with Gasteiger partial charge in [0.2, 0.25) is 0 Å². The smallest absolute Gasteiger partial charge is 0.326 e. The van der Waals surface area contributed by atoms with E-state index in [9.17, 15) is 9.90 Å². The second-order valence-corrected chi connectivity index (χ2v) is 9.19. The van der Waals surface area contributed by atoms with Gasteiger partial charge in [0.1, 0.15) is 4.58 Å². The van der Waals surface area contributed by atoms with Gasteiger partial charge in [-0.1, -0.05) is 78.1 Å². The van der Waals surface area contributed by atoms with Gasteiger partial charge >= 0.3 is 5.97 Å². The monoisotopic (exact) mass is 408 g/mol. The van der Waals surface area contributed by atoms with Gasteiger partial charge in [0.05, 0.1) is 0 Å². The summed E-state index contributed by atoms with van der Waals surface area (Å²) in [6.45, 7) is 5.54. The zero-order chi connectivity index (χ0) is 20.0. The van der Waals surface area contributed by atoms with Gasteiger partial charge in [-0.3, -0.25) is 9.59 Å². The molecule has 0 aromatic rings. The second kappa shape index (κ2) is 22.7. The first-order chi connectivity index (χ1) is 12.5. The van der Waals surface area contributed by atoms with Crippen LogP contribution in [0.25, 0.3) is 0 Å². The lowest BCUT2D eigenvalue weighted by Gasteiger charge is -2.11. The summed E-state index contributed by atoms with van der Waals surface area (Å²) in [5.41, 5.74) is 0. The largest absolute Gasteiger partial charge is 0.481 e. The molecule has 0 aliphatic rings. The molecule has 0 saturated heterocycles. The van der Waals surface area contributed by atoms with E-state index in [4.69, 9.17) is 9.90 Å². The van der Waals surface area contributed by atoms with E-state index in [-0.39, 0.29) is 4.58 Å². The minimum Gasteiger partial charge on any atom is -0.481 e. The number of rotatable bonds is 17. The molecule has 0 aliphatic carbocycles. The molecule has 2 N–H and O–H groups in total. The second-order valence-electron chi connectivity index (χ2n) is 6.47. The number of carboxylic acid groups (broad SMARTS) is 2. The Balaban J connectivity index is 0. The maximum absolute atomic E-state index is 11.3. The normalized spacial score (nSPS) is 10.5. The van der Waals surface area contributed by atoms with Crippen LogP contribution in [0.1, 0.15) is 97.8 Å². The lowest BCUT2D eigenvalue weighted by Crippen LogP contribution is -2.13. The third kappa shape index (κ3) is 25.9. The molecule has 0 amide bonds. The average Bonchev–Trinajstić information content (AvgIpc) is 2.57. The number of hydrogen-bond donors (Lipinski definition) is 2. The third-order valence-corrected chi connectivity index (χ3v) is 6.61. The highest BCUT2D eigenvalue weighted by Crippen LogP contribution is 2.26. The van der Waals surface area contributed by atoms with Crippen LogP contribution < -0.4 is 0 Å². The van der Waals surface area contributed by atoms with E-state index in [1.54, 1.807) is 23.5 Å². The summed E-state index contributed by atoms with van der Waals surface area (Å²) < 4.78 is -0.258. The first-order valence-corrected chi connectivity index (χ1v) is 12.2. The summed E-state index contributed by atoms with van der Waals surface area (Å²) in [4.78, 5) is 20.3. The van der Waals surface area contributed by atoms with Crippen molar-refractivity contribution in [3.63, 3.8) is 0 Å². The Hall–Kier alpha value is -0.360. The van der Waals surface area contributed by atoms with E-state index < -0.39 is 11.9 Å². The number of hydrogen-bond acceptors (Lipinski definition) is 4. The van der Waals surface area contributed by atoms with Crippen LogP contribution in [0.5, 0.6) is 0 Å². The maximum atomic E-state index is 11.3. The van der Waals surface area contributed by atoms with Crippen molar-refractivity contribution in [2.24, 2.45) is 0 Å².